The fraction of sp³-hybridized carbons (Fsp3) is 0.545. The van der Waals surface area contributed by atoms with Crippen molar-refractivity contribution in [2.75, 3.05) is 18.1 Å². The second-order valence-electron chi connectivity index (χ2n) is 3.66. The molecule has 0 aliphatic heterocycles. The first-order chi connectivity index (χ1) is 8.97. The summed E-state index contributed by atoms with van der Waals surface area (Å²) < 4.78 is 0. The van der Waals surface area contributed by atoms with Crippen molar-refractivity contribution in [2.24, 2.45) is 5.73 Å². The predicted octanol–water partition coefficient (Wildman–Crippen LogP) is -0.0765. The van der Waals surface area contributed by atoms with Gasteiger partial charge in [-0.1, -0.05) is 6.08 Å². The number of hydrogen-bond acceptors (Lipinski definition) is 4. The second kappa shape index (κ2) is 10.2. The molecule has 0 fully saturated rings. The molecule has 0 aliphatic carbocycles. The lowest BCUT2D eigenvalue weighted by atomic mass is 10.1. The highest BCUT2D eigenvalue weighted by Crippen LogP contribution is 1.98. The predicted molar refractivity (Wildman–Crippen MR) is 73.9 cm³/mol. The van der Waals surface area contributed by atoms with Crippen molar-refractivity contribution in [3.8, 4) is 0 Å². The average molecular weight is 289 g/mol. The first-order valence-corrected chi connectivity index (χ1v) is 6.87. The summed E-state index contributed by atoms with van der Waals surface area (Å²) in [6, 6.07) is -1.69. The second-order valence-corrected chi connectivity index (χ2v) is 4.81. The van der Waals surface area contributed by atoms with E-state index >= 15 is 0 Å². The Morgan fingerprint density at radius 3 is 2.63 bits per heavy atom. The van der Waals surface area contributed by atoms with E-state index in [4.69, 9.17) is 10.8 Å². The number of carboxylic acids is 1. The number of hydrogen-bond donors (Lipinski definition) is 4. The number of amides is 3. The van der Waals surface area contributed by atoms with Gasteiger partial charge in [0.05, 0.1) is 0 Å². The fourth-order valence-electron chi connectivity index (χ4n) is 1.16. The molecule has 0 spiro atoms. The van der Waals surface area contributed by atoms with Crippen molar-refractivity contribution >= 4 is 29.7 Å². The Hall–Kier alpha value is -1.70. The van der Waals surface area contributed by atoms with Crippen LogP contribution < -0.4 is 16.4 Å². The van der Waals surface area contributed by atoms with Gasteiger partial charge in [0.2, 0.25) is 5.91 Å². The van der Waals surface area contributed by atoms with Crippen LogP contribution in [0.4, 0.5) is 4.79 Å². The molecule has 0 saturated carbocycles. The molecule has 0 unspecified atom stereocenters. The molecule has 5 N–H and O–H groups in total. The van der Waals surface area contributed by atoms with Crippen LogP contribution in [-0.2, 0) is 9.59 Å². The van der Waals surface area contributed by atoms with Crippen LogP contribution in [0.2, 0.25) is 0 Å². The van der Waals surface area contributed by atoms with Crippen LogP contribution in [0.25, 0.3) is 0 Å². The Morgan fingerprint density at radius 2 is 2.11 bits per heavy atom. The molecule has 0 heterocycles. The fourth-order valence-corrected chi connectivity index (χ4v) is 1.74. The van der Waals surface area contributed by atoms with Gasteiger partial charge < -0.3 is 21.5 Å². The average Bonchev–Trinajstić information content (AvgIpc) is 2.33. The van der Waals surface area contributed by atoms with E-state index in [2.05, 4.69) is 17.2 Å². The van der Waals surface area contributed by atoms with Gasteiger partial charge in [-0.3, -0.25) is 4.79 Å². The quantitative estimate of drug-likeness (QED) is 0.331. The Morgan fingerprint density at radius 1 is 1.42 bits per heavy atom. The zero-order valence-corrected chi connectivity index (χ0v) is 11.4. The number of urea groups is 1. The molecule has 0 aromatic heterocycles. The van der Waals surface area contributed by atoms with E-state index in [-0.39, 0.29) is 12.8 Å². The smallest absolute Gasteiger partial charge is 0.326 e. The number of nitrogens with two attached hydrogens (primary N) is 1. The van der Waals surface area contributed by atoms with E-state index in [0.29, 0.717) is 12.3 Å². The van der Waals surface area contributed by atoms with Crippen LogP contribution in [0.1, 0.15) is 12.8 Å². The van der Waals surface area contributed by atoms with Crippen LogP contribution in [0, 0.1) is 0 Å². The number of nitrogens with one attached hydrogen (secondary N) is 2. The molecule has 0 radical (unpaired) electrons. The molecular formula is C11H19N3O4S. The van der Waals surface area contributed by atoms with E-state index in [1.165, 1.54) is 0 Å². The molecule has 7 nitrogen and oxygen atoms in total. The van der Waals surface area contributed by atoms with Crippen molar-refractivity contribution < 1.29 is 19.5 Å². The summed E-state index contributed by atoms with van der Waals surface area (Å²) in [4.78, 5) is 32.8. The van der Waals surface area contributed by atoms with E-state index < -0.39 is 23.9 Å². The van der Waals surface area contributed by atoms with Crippen LogP contribution in [0.15, 0.2) is 12.7 Å². The van der Waals surface area contributed by atoms with Crippen LogP contribution in [0.5, 0.6) is 0 Å². The zero-order chi connectivity index (χ0) is 14.7. The molecule has 3 amide bonds. The number of carbonyl (C=O) groups is 3. The minimum absolute atomic E-state index is 0.0245. The number of carbonyl (C=O) groups excluding carboxylic acids is 2. The molecule has 0 aromatic rings. The van der Waals surface area contributed by atoms with Crippen molar-refractivity contribution in [1.82, 2.24) is 10.6 Å². The topological polar surface area (TPSA) is 122 Å². The summed E-state index contributed by atoms with van der Waals surface area (Å²) in [5.41, 5.74) is 4.93. The lowest BCUT2D eigenvalue weighted by Crippen LogP contribution is -2.46. The van der Waals surface area contributed by atoms with Crippen molar-refractivity contribution in [2.45, 2.75) is 18.9 Å². The lowest BCUT2D eigenvalue weighted by Gasteiger charge is -2.14. The maximum atomic E-state index is 11.4. The maximum Gasteiger partial charge on any atom is 0.326 e. The molecule has 0 rings (SSSR count). The minimum Gasteiger partial charge on any atom is -0.480 e. The van der Waals surface area contributed by atoms with Gasteiger partial charge in [-0.25, -0.2) is 9.59 Å². The standard InChI is InChI=1S/C11H19N3O4S/c1-2-6-19-7-5-13-11(18)14-8(10(16)17)3-4-9(12)15/h2,8H,1,3-7H2,(H2,12,15)(H,16,17)(H2,13,14,18)/t8-/m1/s1. The Labute approximate surface area is 116 Å². The van der Waals surface area contributed by atoms with Gasteiger partial charge in [-0.15, -0.1) is 6.58 Å². The normalized spacial score (nSPS) is 11.4. The minimum atomic E-state index is -1.20. The Kier molecular flexibility index (Phi) is 9.33. The van der Waals surface area contributed by atoms with Gasteiger partial charge >= 0.3 is 12.0 Å². The Balaban J connectivity index is 3.93. The van der Waals surface area contributed by atoms with Crippen molar-refractivity contribution in [3.05, 3.63) is 12.7 Å². The van der Waals surface area contributed by atoms with Gasteiger partial charge in [0.25, 0.3) is 0 Å². The van der Waals surface area contributed by atoms with E-state index in [9.17, 15) is 14.4 Å². The first-order valence-electron chi connectivity index (χ1n) is 5.71. The Bertz CT molecular complexity index is 336. The monoisotopic (exact) mass is 289 g/mol. The summed E-state index contributed by atoms with van der Waals surface area (Å²) in [5.74, 6) is -0.301. The van der Waals surface area contributed by atoms with E-state index in [0.717, 1.165) is 5.75 Å². The summed E-state index contributed by atoms with van der Waals surface area (Å²) in [6.07, 6.45) is 1.64. The SMILES string of the molecule is C=CCSCCNC(=O)N[C@H](CCC(N)=O)C(=O)O. The summed E-state index contributed by atoms with van der Waals surface area (Å²) in [7, 11) is 0. The summed E-state index contributed by atoms with van der Waals surface area (Å²) in [5, 5.41) is 13.7. The molecule has 0 saturated heterocycles. The summed E-state index contributed by atoms with van der Waals surface area (Å²) >= 11 is 1.60. The third kappa shape index (κ3) is 9.95. The van der Waals surface area contributed by atoms with Crippen LogP contribution in [-0.4, -0.2) is 47.1 Å². The maximum absolute atomic E-state index is 11.4. The van der Waals surface area contributed by atoms with Gasteiger partial charge in [-0.05, 0) is 6.42 Å². The van der Waals surface area contributed by atoms with Gasteiger partial charge in [0, 0.05) is 24.5 Å². The number of carboxylic acid groups (broad SMARTS) is 1. The molecule has 19 heavy (non-hydrogen) atoms. The van der Waals surface area contributed by atoms with E-state index in [1.807, 2.05) is 0 Å². The molecule has 0 aromatic carbocycles. The molecule has 8 heteroatoms. The number of primary amides is 1. The third-order valence-corrected chi connectivity index (χ3v) is 3.01. The van der Waals surface area contributed by atoms with Crippen LogP contribution in [0.3, 0.4) is 0 Å². The van der Waals surface area contributed by atoms with Crippen molar-refractivity contribution in [3.63, 3.8) is 0 Å². The molecule has 1 atom stereocenters. The molecular weight excluding hydrogens is 270 g/mol. The van der Waals surface area contributed by atoms with Gasteiger partial charge in [0.15, 0.2) is 0 Å². The lowest BCUT2D eigenvalue weighted by molar-refractivity contribution is -0.139. The summed E-state index contributed by atoms with van der Waals surface area (Å²) in [6.45, 7) is 3.99. The largest absolute Gasteiger partial charge is 0.480 e. The van der Waals surface area contributed by atoms with Crippen molar-refractivity contribution in [1.29, 1.82) is 0 Å². The number of aliphatic carboxylic acids is 1. The first kappa shape index (κ1) is 17.3. The highest BCUT2D eigenvalue weighted by Gasteiger charge is 2.20. The van der Waals surface area contributed by atoms with E-state index in [1.54, 1.807) is 17.8 Å². The highest BCUT2D eigenvalue weighted by atomic mass is 32.2. The van der Waals surface area contributed by atoms with Gasteiger partial charge in [-0.2, -0.15) is 11.8 Å². The highest BCUT2D eigenvalue weighted by molar-refractivity contribution is 7.99. The third-order valence-electron chi connectivity index (χ3n) is 2.05. The zero-order valence-electron chi connectivity index (χ0n) is 10.6. The molecule has 0 bridgehead atoms. The van der Waals surface area contributed by atoms with Crippen LogP contribution >= 0.6 is 11.8 Å². The molecule has 108 valence electrons. The number of rotatable bonds is 10. The number of thioether (sulfide) groups is 1. The van der Waals surface area contributed by atoms with Gasteiger partial charge in [0.1, 0.15) is 6.04 Å². The molecule has 0 aliphatic rings.